The van der Waals surface area contributed by atoms with Crippen molar-refractivity contribution in [3.63, 3.8) is 0 Å². The lowest BCUT2D eigenvalue weighted by Crippen LogP contribution is -2.34. The molecule has 11 heavy (non-hydrogen) atoms. The molecule has 0 aromatic heterocycles. The van der Waals surface area contributed by atoms with E-state index in [1.165, 1.54) is 32.1 Å². The van der Waals surface area contributed by atoms with Crippen molar-refractivity contribution >= 4 is 0 Å². The lowest BCUT2D eigenvalue weighted by Gasteiger charge is -2.30. The largest absolute Gasteiger partial charge is 0.301 e. The maximum Gasteiger partial charge on any atom is 0.102 e. The van der Waals surface area contributed by atoms with Crippen LogP contribution in [-0.4, -0.2) is 31.2 Å². The van der Waals surface area contributed by atoms with Gasteiger partial charge in [0.2, 0.25) is 0 Å². The van der Waals surface area contributed by atoms with Crippen molar-refractivity contribution in [3.05, 3.63) is 0 Å². The van der Waals surface area contributed by atoms with E-state index in [-0.39, 0.29) is 6.67 Å². The van der Waals surface area contributed by atoms with Crippen LogP contribution < -0.4 is 0 Å². The molecular formula is C9H18FN. The molecule has 1 aliphatic carbocycles. The van der Waals surface area contributed by atoms with E-state index in [0.29, 0.717) is 12.6 Å². The normalized spacial score (nSPS) is 21.0. The fraction of sp³-hybridized carbons (Fsp3) is 1.00. The van der Waals surface area contributed by atoms with Crippen LogP contribution >= 0.6 is 0 Å². The van der Waals surface area contributed by atoms with E-state index in [1.54, 1.807) is 0 Å². The maximum atomic E-state index is 12.0. The van der Waals surface area contributed by atoms with Crippen LogP contribution in [0, 0.1) is 0 Å². The van der Waals surface area contributed by atoms with Crippen molar-refractivity contribution in [2.75, 3.05) is 20.3 Å². The molecule has 0 unspecified atom stereocenters. The van der Waals surface area contributed by atoms with Crippen LogP contribution in [0.25, 0.3) is 0 Å². The first-order valence-electron chi connectivity index (χ1n) is 4.61. The first kappa shape index (κ1) is 8.98. The highest BCUT2D eigenvalue weighted by atomic mass is 19.1. The molecule has 0 N–H and O–H groups in total. The Bertz CT molecular complexity index is 99.7. The molecule has 0 amide bonds. The molecule has 2 heteroatoms. The van der Waals surface area contributed by atoms with Crippen LogP contribution in [0.1, 0.15) is 32.1 Å². The van der Waals surface area contributed by atoms with Gasteiger partial charge in [-0.15, -0.1) is 0 Å². The summed E-state index contributed by atoms with van der Waals surface area (Å²) in [4.78, 5) is 2.17. The predicted octanol–water partition coefficient (Wildman–Crippen LogP) is 2.22. The minimum absolute atomic E-state index is 0.201. The van der Waals surface area contributed by atoms with Crippen LogP contribution in [0.2, 0.25) is 0 Å². The Morgan fingerprint density at radius 1 is 1.27 bits per heavy atom. The van der Waals surface area contributed by atoms with Crippen LogP contribution in [0.4, 0.5) is 4.39 Å². The second-order valence-electron chi connectivity index (χ2n) is 3.46. The van der Waals surface area contributed by atoms with E-state index >= 15 is 0 Å². The fourth-order valence-electron chi connectivity index (χ4n) is 1.84. The third-order valence-electron chi connectivity index (χ3n) is 2.64. The number of nitrogens with zero attached hydrogens (tertiary/aromatic N) is 1. The molecule has 0 bridgehead atoms. The van der Waals surface area contributed by atoms with Crippen molar-refractivity contribution in [2.45, 2.75) is 38.1 Å². The summed E-state index contributed by atoms with van der Waals surface area (Å²) in [5.41, 5.74) is 0. The highest BCUT2D eigenvalue weighted by molar-refractivity contribution is 4.72. The van der Waals surface area contributed by atoms with Gasteiger partial charge in [-0.05, 0) is 19.9 Å². The quantitative estimate of drug-likeness (QED) is 0.610. The summed E-state index contributed by atoms with van der Waals surface area (Å²) in [6.45, 7) is 0.414. The van der Waals surface area contributed by atoms with Gasteiger partial charge in [-0.25, -0.2) is 4.39 Å². The zero-order valence-corrected chi connectivity index (χ0v) is 7.35. The Morgan fingerprint density at radius 2 is 1.91 bits per heavy atom. The lowest BCUT2D eigenvalue weighted by molar-refractivity contribution is 0.179. The van der Waals surface area contributed by atoms with Gasteiger partial charge in [0.05, 0.1) is 0 Å². The first-order chi connectivity index (χ1) is 5.34. The molecule has 0 atom stereocenters. The number of hydrogen-bond acceptors (Lipinski definition) is 1. The summed E-state index contributed by atoms with van der Waals surface area (Å²) in [6.07, 6.45) is 6.59. The van der Waals surface area contributed by atoms with Crippen molar-refractivity contribution in [1.82, 2.24) is 4.90 Å². The number of alkyl halides is 1. The van der Waals surface area contributed by atoms with E-state index in [9.17, 15) is 4.39 Å². The molecule has 1 nitrogen and oxygen atoms in total. The first-order valence-corrected chi connectivity index (χ1v) is 4.61. The van der Waals surface area contributed by atoms with Gasteiger partial charge < -0.3 is 4.90 Å². The zero-order chi connectivity index (χ0) is 8.10. The average molecular weight is 159 g/mol. The molecule has 0 aromatic rings. The standard InChI is InChI=1S/C9H18FN/c1-11(8-7-10)9-5-3-2-4-6-9/h9H,2-8H2,1H3. The lowest BCUT2D eigenvalue weighted by atomic mass is 9.94. The Kier molecular flexibility index (Phi) is 3.84. The predicted molar refractivity (Wildman–Crippen MR) is 45.5 cm³/mol. The van der Waals surface area contributed by atoms with Crippen LogP contribution in [0.15, 0.2) is 0 Å². The summed E-state index contributed by atoms with van der Waals surface area (Å²) >= 11 is 0. The van der Waals surface area contributed by atoms with E-state index in [2.05, 4.69) is 4.90 Å². The molecule has 1 rings (SSSR count). The summed E-state index contributed by atoms with van der Waals surface area (Å²) in [6, 6.07) is 0.666. The Balaban J connectivity index is 2.21. The zero-order valence-electron chi connectivity index (χ0n) is 7.35. The summed E-state index contributed by atoms with van der Waals surface area (Å²) in [7, 11) is 2.04. The smallest absolute Gasteiger partial charge is 0.102 e. The molecule has 1 fully saturated rings. The Hall–Kier alpha value is -0.110. The minimum atomic E-state index is -0.201. The molecule has 0 spiro atoms. The van der Waals surface area contributed by atoms with Crippen molar-refractivity contribution < 1.29 is 4.39 Å². The highest BCUT2D eigenvalue weighted by Crippen LogP contribution is 2.21. The van der Waals surface area contributed by atoms with Gasteiger partial charge >= 0.3 is 0 Å². The van der Waals surface area contributed by atoms with E-state index < -0.39 is 0 Å². The molecule has 0 aromatic carbocycles. The summed E-state index contributed by atoms with van der Waals surface area (Å²) in [5.74, 6) is 0. The maximum absolute atomic E-state index is 12.0. The van der Waals surface area contributed by atoms with Gasteiger partial charge in [-0.1, -0.05) is 19.3 Å². The van der Waals surface area contributed by atoms with Gasteiger partial charge in [-0.3, -0.25) is 0 Å². The molecule has 0 saturated heterocycles. The van der Waals surface area contributed by atoms with Gasteiger partial charge in [0.25, 0.3) is 0 Å². The van der Waals surface area contributed by atoms with Crippen molar-refractivity contribution in [1.29, 1.82) is 0 Å². The highest BCUT2D eigenvalue weighted by Gasteiger charge is 2.16. The average Bonchev–Trinajstić information content (AvgIpc) is 2.07. The Morgan fingerprint density at radius 3 is 2.45 bits per heavy atom. The Labute approximate surface area is 68.6 Å². The van der Waals surface area contributed by atoms with Gasteiger partial charge in [0.15, 0.2) is 0 Å². The second kappa shape index (κ2) is 4.70. The van der Waals surface area contributed by atoms with Crippen LogP contribution in [0.5, 0.6) is 0 Å². The van der Waals surface area contributed by atoms with Crippen molar-refractivity contribution in [3.8, 4) is 0 Å². The third-order valence-corrected chi connectivity index (χ3v) is 2.64. The molecule has 1 saturated carbocycles. The van der Waals surface area contributed by atoms with Crippen molar-refractivity contribution in [2.24, 2.45) is 0 Å². The van der Waals surface area contributed by atoms with E-state index in [1.807, 2.05) is 7.05 Å². The SMILES string of the molecule is CN(CCF)C1CCCCC1. The van der Waals surface area contributed by atoms with Gasteiger partial charge in [-0.2, -0.15) is 0 Å². The summed E-state index contributed by atoms with van der Waals surface area (Å²) < 4.78 is 12.0. The molecule has 0 aliphatic heterocycles. The number of hydrogen-bond donors (Lipinski definition) is 0. The van der Waals surface area contributed by atoms with Gasteiger partial charge in [0, 0.05) is 12.6 Å². The molecule has 0 heterocycles. The topological polar surface area (TPSA) is 3.24 Å². The third kappa shape index (κ3) is 2.78. The number of rotatable bonds is 3. The second-order valence-corrected chi connectivity index (χ2v) is 3.46. The monoisotopic (exact) mass is 159 g/mol. The summed E-state index contributed by atoms with van der Waals surface area (Å²) in [5, 5.41) is 0. The van der Waals surface area contributed by atoms with Gasteiger partial charge in [0.1, 0.15) is 6.67 Å². The molecular weight excluding hydrogens is 141 g/mol. The molecule has 1 aliphatic rings. The van der Waals surface area contributed by atoms with E-state index in [0.717, 1.165) is 0 Å². The van der Waals surface area contributed by atoms with Crippen LogP contribution in [0.3, 0.4) is 0 Å². The van der Waals surface area contributed by atoms with E-state index in [4.69, 9.17) is 0 Å². The van der Waals surface area contributed by atoms with Crippen LogP contribution in [-0.2, 0) is 0 Å². The molecule has 0 radical (unpaired) electrons. The molecule has 66 valence electrons. The fourth-order valence-corrected chi connectivity index (χ4v) is 1.84. The minimum Gasteiger partial charge on any atom is -0.301 e. The number of halogens is 1.